The van der Waals surface area contributed by atoms with Crippen LogP contribution in [0.25, 0.3) is 0 Å². The van der Waals surface area contributed by atoms with Gasteiger partial charge in [0.15, 0.2) is 5.54 Å². The minimum atomic E-state index is -1.10. The maximum absolute atomic E-state index is 14.0. The number of imide groups is 1. The van der Waals surface area contributed by atoms with E-state index in [9.17, 15) is 14.9 Å². The van der Waals surface area contributed by atoms with Crippen LogP contribution in [0.1, 0.15) is 54.5 Å². The first-order valence-corrected chi connectivity index (χ1v) is 10.7. The van der Waals surface area contributed by atoms with Gasteiger partial charge in [0.25, 0.3) is 5.91 Å². The van der Waals surface area contributed by atoms with Gasteiger partial charge >= 0.3 is 6.03 Å². The molecule has 1 N–H and O–H groups in total. The molecule has 1 fully saturated rings. The second-order valence-electron chi connectivity index (χ2n) is 9.16. The highest BCUT2D eigenvalue weighted by molar-refractivity contribution is 6.09. The molecule has 2 aromatic rings. The van der Waals surface area contributed by atoms with Crippen molar-refractivity contribution in [1.82, 2.24) is 10.2 Å². The molecule has 30 heavy (non-hydrogen) atoms. The monoisotopic (exact) mass is 399 g/mol. The fourth-order valence-electron chi connectivity index (χ4n) is 5.96. The summed E-state index contributed by atoms with van der Waals surface area (Å²) in [6.07, 6.45) is 4.13. The number of benzene rings is 2. The molecule has 0 radical (unpaired) electrons. The summed E-state index contributed by atoms with van der Waals surface area (Å²) >= 11 is 0. The Morgan fingerprint density at radius 3 is 2.27 bits per heavy atom. The second-order valence-corrected chi connectivity index (χ2v) is 9.16. The van der Waals surface area contributed by atoms with Crippen LogP contribution in [0.15, 0.2) is 42.5 Å². The predicted octanol–water partition coefficient (Wildman–Crippen LogP) is 3.84. The van der Waals surface area contributed by atoms with E-state index in [2.05, 4.69) is 35.7 Å². The number of hydrogen-bond donors (Lipinski definition) is 1. The summed E-state index contributed by atoms with van der Waals surface area (Å²) < 4.78 is 0. The number of nitrogens with one attached hydrogen (secondary N) is 1. The lowest BCUT2D eigenvalue weighted by atomic mass is 9.64. The number of nitrogens with zero attached hydrogens (tertiary/aromatic N) is 2. The lowest BCUT2D eigenvalue weighted by Crippen LogP contribution is -2.55. The average molecular weight is 399 g/mol. The van der Waals surface area contributed by atoms with Crippen LogP contribution < -0.4 is 5.32 Å². The van der Waals surface area contributed by atoms with Gasteiger partial charge in [0, 0.05) is 11.5 Å². The van der Waals surface area contributed by atoms with E-state index in [-0.39, 0.29) is 18.0 Å². The van der Waals surface area contributed by atoms with E-state index in [0.29, 0.717) is 5.56 Å². The Morgan fingerprint density at radius 1 is 1.03 bits per heavy atom. The first kappa shape index (κ1) is 18.9. The molecule has 5 nitrogen and oxygen atoms in total. The number of carbonyl (C=O) groups excluding carboxylic acids is 2. The normalized spacial score (nSPS) is 24.0. The fraction of sp³-hybridized carbons (Fsp3) is 0.400. The maximum atomic E-state index is 14.0. The molecule has 0 aromatic heterocycles. The van der Waals surface area contributed by atoms with Gasteiger partial charge in [0.1, 0.15) is 0 Å². The highest BCUT2D eigenvalue weighted by Gasteiger charge is 2.67. The third-order valence-corrected chi connectivity index (χ3v) is 7.40. The largest absolute Gasteiger partial charge is 0.325 e. The molecule has 5 heteroatoms. The zero-order valence-electron chi connectivity index (χ0n) is 17.4. The van der Waals surface area contributed by atoms with Crippen molar-refractivity contribution < 1.29 is 9.59 Å². The van der Waals surface area contributed by atoms with E-state index in [1.165, 1.54) is 16.0 Å². The second kappa shape index (κ2) is 6.43. The summed E-state index contributed by atoms with van der Waals surface area (Å²) in [7, 11) is 0. The van der Waals surface area contributed by atoms with Crippen molar-refractivity contribution in [3.05, 3.63) is 70.3 Å². The van der Waals surface area contributed by atoms with Gasteiger partial charge in [-0.05, 0) is 80.3 Å². The van der Waals surface area contributed by atoms with Gasteiger partial charge in [-0.2, -0.15) is 5.26 Å². The zero-order valence-corrected chi connectivity index (χ0v) is 17.4. The number of nitriles is 1. The van der Waals surface area contributed by atoms with Crippen molar-refractivity contribution in [3.8, 4) is 6.07 Å². The van der Waals surface area contributed by atoms with Crippen molar-refractivity contribution >= 4 is 11.9 Å². The predicted molar refractivity (Wildman–Crippen MR) is 113 cm³/mol. The first-order chi connectivity index (χ1) is 14.4. The highest BCUT2D eigenvalue weighted by atomic mass is 16.2. The number of rotatable bonds is 1. The van der Waals surface area contributed by atoms with E-state index in [1.54, 1.807) is 0 Å². The van der Waals surface area contributed by atoms with Gasteiger partial charge in [0.2, 0.25) is 0 Å². The Hall–Kier alpha value is -3.13. The molecule has 2 aliphatic carbocycles. The number of amides is 3. The van der Waals surface area contributed by atoms with Gasteiger partial charge in [-0.25, -0.2) is 4.79 Å². The number of aryl methyl sites for hydroxylation is 2. The van der Waals surface area contributed by atoms with Crippen LogP contribution in [-0.4, -0.2) is 22.9 Å². The third kappa shape index (κ3) is 2.34. The quantitative estimate of drug-likeness (QED) is 0.741. The minimum Gasteiger partial charge on any atom is -0.319 e. The average Bonchev–Trinajstić information content (AvgIpc) is 3.07. The Morgan fingerprint density at radius 2 is 1.70 bits per heavy atom. The molecule has 0 saturated carbocycles. The van der Waals surface area contributed by atoms with Gasteiger partial charge in [0.05, 0.1) is 11.6 Å². The van der Waals surface area contributed by atoms with Crippen molar-refractivity contribution in [2.24, 2.45) is 5.41 Å². The van der Waals surface area contributed by atoms with E-state index < -0.39 is 11.0 Å². The van der Waals surface area contributed by atoms with Gasteiger partial charge < -0.3 is 5.32 Å². The summed E-state index contributed by atoms with van der Waals surface area (Å²) in [5.74, 6) is -0.165. The molecule has 5 rings (SSSR count). The number of carbonyl (C=O) groups is 2. The topological polar surface area (TPSA) is 73.2 Å². The molecule has 152 valence electrons. The van der Waals surface area contributed by atoms with Crippen LogP contribution in [0.2, 0.25) is 0 Å². The van der Waals surface area contributed by atoms with Crippen molar-refractivity contribution in [2.75, 3.05) is 0 Å². The van der Waals surface area contributed by atoms with Gasteiger partial charge in [-0.3, -0.25) is 9.69 Å². The molecule has 1 unspecified atom stereocenters. The Balaban J connectivity index is 1.70. The van der Waals surface area contributed by atoms with Crippen LogP contribution in [0.4, 0.5) is 4.79 Å². The molecular weight excluding hydrogens is 374 g/mol. The standard InChI is InChI=1S/C25H25N3O2/c1-16(2)28-22(29)25(27-23(28)30)21-13-17(15-26)7-8-20(21)14-24(25)11-9-18-5-3-4-6-19(18)10-12-24/h3-8,13,16H,9-12,14H2,1-2H3,(H,27,30). The zero-order chi connectivity index (χ0) is 21.1. The summed E-state index contributed by atoms with van der Waals surface area (Å²) in [5, 5.41) is 12.7. The van der Waals surface area contributed by atoms with Crippen LogP contribution in [0.5, 0.6) is 0 Å². The summed E-state index contributed by atoms with van der Waals surface area (Å²) in [6.45, 7) is 3.74. The molecular formula is C25H25N3O2. The molecule has 3 amide bonds. The lowest BCUT2D eigenvalue weighted by Gasteiger charge is -2.42. The van der Waals surface area contributed by atoms with Crippen LogP contribution in [0.3, 0.4) is 0 Å². The van der Waals surface area contributed by atoms with E-state index >= 15 is 0 Å². The smallest absolute Gasteiger partial charge is 0.319 e. The lowest BCUT2D eigenvalue weighted by molar-refractivity contribution is -0.138. The molecule has 1 saturated heterocycles. The maximum Gasteiger partial charge on any atom is 0.325 e. The van der Waals surface area contributed by atoms with Crippen LogP contribution >= 0.6 is 0 Å². The summed E-state index contributed by atoms with van der Waals surface area (Å²) in [4.78, 5) is 28.3. The van der Waals surface area contributed by atoms with E-state index in [4.69, 9.17) is 0 Å². The fourth-order valence-corrected chi connectivity index (χ4v) is 5.96. The Bertz CT molecular complexity index is 1090. The van der Waals surface area contributed by atoms with Crippen molar-refractivity contribution in [1.29, 1.82) is 5.26 Å². The van der Waals surface area contributed by atoms with E-state index in [0.717, 1.165) is 43.2 Å². The van der Waals surface area contributed by atoms with E-state index in [1.807, 2.05) is 32.0 Å². The Labute approximate surface area is 176 Å². The third-order valence-electron chi connectivity index (χ3n) is 7.40. The molecule has 1 aliphatic heterocycles. The first-order valence-electron chi connectivity index (χ1n) is 10.7. The van der Waals surface area contributed by atoms with Crippen LogP contribution in [0, 0.1) is 16.7 Å². The summed E-state index contributed by atoms with van der Waals surface area (Å²) in [6, 6.07) is 15.7. The molecule has 1 atom stereocenters. The minimum absolute atomic E-state index is 0.165. The van der Waals surface area contributed by atoms with Gasteiger partial charge in [-0.1, -0.05) is 30.3 Å². The number of urea groups is 1. The highest BCUT2D eigenvalue weighted by Crippen LogP contribution is 2.59. The number of hydrogen-bond acceptors (Lipinski definition) is 3. The molecule has 1 heterocycles. The SMILES string of the molecule is CC(C)N1C(=O)NC2(C1=O)c1cc(C#N)ccc1CC21CCc2ccccc2CC1. The Kier molecular flexibility index (Phi) is 4.05. The van der Waals surface area contributed by atoms with Gasteiger partial charge in [-0.15, -0.1) is 0 Å². The molecule has 2 spiro atoms. The summed E-state index contributed by atoms with van der Waals surface area (Å²) in [5.41, 5.74) is 3.56. The molecule has 2 aromatic carbocycles. The van der Waals surface area contributed by atoms with Crippen molar-refractivity contribution in [3.63, 3.8) is 0 Å². The molecule has 3 aliphatic rings. The van der Waals surface area contributed by atoms with Crippen molar-refractivity contribution in [2.45, 2.75) is 57.5 Å². The number of fused-ring (bicyclic) bond motifs is 4. The molecule has 0 bridgehead atoms. The van der Waals surface area contributed by atoms with Crippen LogP contribution in [-0.2, 0) is 29.6 Å².